The van der Waals surface area contributed by atoms with Crippen molar-refractivity contribution >= 4 is 5.91 Å². The second-order valence-electron chi connectivity index (χ2n) is 4.37. The van der Waals surface area contributed by atoms with Crippen LogP contribution in [0.4, 0.5) is 0 Å². The minimum absolute atomic E-state index is 0.0342. The maximum absolute atomic E-state index is 12.0. The first-order chi connectivity index (χ1) is 8.58. The van der Waals surface area contributed by atoms with Gasteiger partial charge in [0.25, 0.3) is 0 Å². The minimum Gasteiger partial charge on any atom is -0.467 e. The van der Waals surface area contributed by atoms with Gasteiger partial charge in [-0.2, -0.15) is 0 Å². The fourth-order valence-corrected chi connectivity index (χ4v) is 1.69. The largest absolute Gasteiger partial charge is 0.467 e. The Labute approximate surface area is 106 Å². The van der Waals surface area contributed by atoms with Gasteiger partial charge in [0.1, 0.15) is 12.3 Å². The molecule has 5 heteroatoms. The molecule has 18 heavy (non-hydrogen) atoms. The Hall–Kier alpha value is -2.04. The summed E-state index contributed by atoms with van der Waals surface area (Å²) >= 11 is 0. The molecule has 0 aliphatic heterocycles. The molecule has 2 aromatic heterocycles. The number of carbonyl (C=O) groups is 1. The number of rotatable bonds is 4. The van der Waals surface area contributed by atoms with Crippen molar-refractivity contribution in [2.24, 2.45) is 0 Å². The number of aryl methyl sites for hydroxylation is 1. The van der Waals surface area contributed by atoms with E-state index in [-0.39, 0.29) is 5.91 Å². The first-order valence-electron chi connectivity index (χ1n) is 5.82. The summed E-state index contributed by atoms with van der Waals surface area (Å²) in [5, 5.41) is 0. The molecule has 0 aromatic carbocycles. The summed E-state index contributed by atoms with van der Waals surface area (Å²) in [6.45, 7) is 4.69. The molecule has 0 spiro atoms. The summed E-state index contributed by atoms with van der Waals surface area (Å²) in [6, 6.07) is 3.67. The van der Waals surface area contributed by atoms with E-state index in [1.54, 1.807) is 24.5 Å². The zero-order valence-electron chi connectivity index (χ0n) is 10.9. The van der Waals surface area contributed by atoms with E-state index >= 15 is 0 Å². The van der Waals surface area contributed by atoms with E-state index in [1.807, 2.05) is 30.5 Å². The lowest BCUT2D eigenvalue weighted by Crippen LogP contribution is -2.29. The normalized spacial score (nSPS) is 10.6. The zero-order valence-corrected chi connectivity index (χ0v) is 10.9. The molecule has 0 saturated heterocycles. The number of aromatic nitrogens is 2. The maximum atomic E-state index is 12.0. The zero-order chi connectivity index (χ0) is 13.1. The van der Waals surface area contributed by atoms with Crippen LogP contribution < -0.4 is 0 Å². The highest BCUT2D eigenvalue weighted by atomic mass is 16.3. The molecule has 0 saturated carbocycles. The Morgan fingerprint density at radius 3 is 2.83 bits per heavy atom. The molecule has 2 rings (SSSR count). The average molecular weight is 247 g/mol. The Balaban J connectivity index is 1.97. The van der Waals surface area contributed by atoms with Crippen LogP contribution in [0, 0.1) is 13.8 Å². The first kappa shape index (κ1) is 12.4. The highest BCUT2D eigenvalue weighted by molar-refractivity contribution is 5.75. The summed E-state index contributed by atoms with van der Waals surface area (Å²) in [5.41, 5.74) is 1.98. The first-order valence-corrected chi connectivity index (χ1v) is 5.82. The number of amides is 1. The maximum Gasteiger partial charge on any atom is 0.242 e. The van der Waals surface area contributed by atoms with Gasteiger partial charge in [0.2, 0.25) is 5.91 Å². The van der Waals surface area contributed by atoms with Gasteiger partial charge in [-0.3, -0.25) is 4.79 Å². The highest BCUT2D eigenvalue weighted by Crippen LogP contribution is 2.07. The molecule has 0 N–H and O–H groups in total. The number of hydrogen-bond acceptors (Lipinski definition) is 3. The van der Waals surface area contributed by atoms with Crippen LogP contribution in [-0.4, -0.2) is 27.4 Å². The van der Waals surface area contributed by atoms with Crippen LogP contribution in [-0.2, 0) is 17.9 Å². The molecular formula is C13H17N3O2. The second kappa shape index (κ2) is 5.08. The molecular weight excluding hydrogens is 230 g/mol. The minimum atomic E-state index is 0.0342. The van der Waals surface area contributed by atoms with Gasteiger partial charge in [0.15, 0.2) is 0 Å². The van der Waals surface area contributed by atoms with Crippen molar-refractivity contribution in [1.82, 2.24) is 14.5 Å². The predicted molar refractivity (Wildman–Crippen MR) is 66.9 cm³/mol. The van der Waals surface area contributed by atoms with Crippen LogP contribution >= 0.6 is 0 Å². The molecule has 2 aromatic rings. The molecule has 0 fully saturated rings. The number of imidazole rings is 1. The van der Waals surface area contributed by atoms with E-state index in [9.17, 15) is 4.79 Å². The fraction of sp³-hybridized carbons (Fsp3) is 0.385. The van der Waals surface area contributed by atoms with Crippen molar-refractivity contribution in [3.05, 3.63) is 41.9 Å². The van der Waals surface area contributed by atoms with Gasteiger partial charge in [-0.1, -0.05) is 0 Å². The Morgan fingerprint density at radius 1 is 1.50 bits per heavy atom. The second-order valence-corrected chi connectivity index (χ2v) is 4.37. The Kier molecular flexibility index (Phi) is 3.50. The quantitative estimate of drug-likeness (QED) is 0.827. The monoisotopic (exact) mass is 247 g/mol. The van der Waals surface area contributed by atoms with E-state index in [2.05, 4.69) is 4.98 Å². The van der Waals surface area contributed by atoms with Crippen LogP contribution in [0.1, 0.15) is 17.1 Å². The molecule has 1 amide bonds. The molecule has 0 atom stereocenters. The Bertz CT molecular complexity index is 528. The van der Waals surface area contributed by atoms with Gasteiger partial charge in [-0.15, -0.1) is 0 Å². The van der Waals surface area contributed by atoms with Crippen molar-refractivity contribution in [1.29, 1.82) is 0 Å². The summed E-state index contributed by atoms with van der Waals surface area (Å²) in [5.74, 6) is 0.816. The molecule has 0 bridgehead atoms. The van der Waals surface area contributed by atoms with Crippen molar-refractivity contribution in [3.8, 4) is 0 Å². The van der Waals surface area contributed by atoms with E-state index in [4.69, 9.17) is 4.42 Å². The van der Waals surface area contributed by atoms with Gasteiger partial charge in [0.05, 0.1) is 24.8 Å². The SMILES string of the molecule is Cc1ncn(CC(=O)N(C)Cc2ccco2)c1C. The number of likely N-dealkylation sites (N-methyl/N-ethyl adjacent to an activating group) is 1. The van der Waals surface area contributed by atoms with E-state index in [0.717, 1.165) is 17.1 Å². The van der Waals surface area contributed by atoms with Crippen molar-refractivity contribution in [2.45, 2.75) is 26.9 Å². The molecule has 0 unspecified atom stereocenters. The lowest BCUT2D eigenvalue weighted by molar-refractivity contribution is -0.131. The van der Waals surface area contributed by atoms with Crippen LogP contribution in [0.25, 0.3) is 0 Å². The number of hydrogen-bond donors (Lipinski definition) is 0. The third-order valence-corrected chi connectivity index (χ3v) is 3.05. The Morgan fingerprint density at radius 2 is 2.28 bits per heavy atom. The molecule has 5 nitrogen and oxygen atoms in total. The smallest absolute Gasteiger partial charge is 0.242 e. The molecule has 96 valence electrons. The summed E-state index contributed by atoms with van der Waals surface area (Å²) in [6.07, 6.45) is 3.31. The average Bonchev–Trinajstić information content (AvgIpc) is 2.94. The van der Waals surface area contributed by atoms with Crippen molar-refractivity contribution in [3.63, 3.8) is 0 Å². The van der Waals surface area contributed by atoms with Crippen LogP contribution in [0.5, 0.6) is 0 Å². The van der Waals surface area contributed by atoms with Gasteiger partial charge >= 0.3 is 0 Å². The third-order valence-electron chi connectivity index (χ3n) is 3.05. The van der Waals surface area contributed by atoms with Gasteiger partial charge < -0.3 is 13.9 Å². The number of furan rings is 1. The summed E-state index contributed by atoms with van der Waals surface area (Å²) in [4.78, 5) is 17.9. The fourth-order valence-electron chi connectivity index (χ4n) is 1.69. The van der Waals surface area contributed by atoms with Crippen molar-refractivity contribution in [2.75, 3.05) is 7.05 Å². The highest BCUT2D eigenvalue weighted by Gasteiger charge is 2.13. The number of carbonyl (C=O) groups excluding carboxylic acids is 1. The number of nitrogens with zero attached hydrogens (tertiary/aromatic N) is 3. The summed E-state index contributed by atoms with van der Waals surface area (Å²) in [7, 11) is 1.77. The van der Waals surface area contributed by atoms with Crippen LogP contribution in [0.15, 0.2) is 29.1 Å². The van der Waals surface area contributed by atoms with Gasteiger partial charge in [-0.05, 0) is 26.0 Å². The standard InChI is InChI=1S/C13H17N3O2/c1-10-11(2)16(9-14-10)8-13(17)15(3)7-12-5-4-6-18-12/h4-6,9H,7-8H2,1-3H3. The lowest BCUT2D eigenvalue weighted by atomic mass is 10.3. The third kappa shape index (κ3) is 2.61. The van der Waals surface area contributed by atoms with Gasteiger partial charge in [-0.25, -0.2) is 4.98 Å². The van der Waals surface area contributed by atoms with E-state index < -0.39 is 0 Å². The van der Waals surface area contributed by atoms with Crippen molar-refractivity contribution < 1.29 is 9.21 Å². The molecule has 0 aliphatic rings. The summed E-state index contributed by atoms with van der Waals surface area (Å²) < 4.78 is 7.08. The predicted octanol–water partition coefficient (Wildman–Crippen LogP) is 1.75. The molecule has 2 heterocycles. The lowest BCUT2D eigenvalue weighted by Gasteiger charge is -2.16. The molecule has 0 aliphatic carbocycles. The molecule has 0 radical (unpaired) electrons. The van der Waals surface area contributed by atoms with E-state index in [1.165, 1.54) is 0 Å². The van der Waals surface area contributed by atoms with Crippen LogP contribution in [0.2, 0.25) is 0 Å². The topological polar surface area (TPSA) is 51.3 Å². The van der Waals surface area contributed by atoms with Gasteiger partial charge in [0, 0.05) is 12.7 Å². The van der Waals surface area contributed by atoms with Crippen LogP contribution in [0.3, 0.4) is 0 Å². The van der Waals surface area contributed by atoms with E-state index in [0.29, 0.717) is 13.1 Å².